The smallest absolute Gasteiger partial charge is 0.225 e. The predicted octanol–water partition coefficient (Wildman–Crippen LogP) is 1.55. The number of methoxy groups -OCH3 is 1. The van der Waals surface area contributed by atoms with Crippen molar-refractivity contribution in [2.45, 2.75) is 56.6 Å². The van der Waals surface area contributed by atoms with Crippen molar-refractivity contribution in [2.75, 3.05) is 27.2 Å². The number of carbonyl (C=O) groups excluding carboxylic acids is 1. The quantitative estimate of drug-likeness (QED) is 0.827. The number of nitrogens with one attached hydrogen (secondary N) is 1. The highest BCUT2D eigenvalue weighted by atomic mass is 16.5. The minimum atomic E-state index is -0.138. The van der Waals surface area contributed by atoms with E-state index in [9.17, 15) is 4.79 Å². The molecule has 2 aliphatic rings. The van der Waals surface area contributed by atoms with Crippen LogP contribution < -0.4 is 5.32 Å². The molecule has 0 atom stereocenters. The molecule has 2 rings (SSSR count). The van der Waals surface area contributed by atoms with E-state index in [1.54, 1.807) is 7.11 Å². The van der Waals surface area contributed by atoms with E-state index in [4.69, 9.17) is 4.74 Å². The van der Waals surface area contributed by atoms with Gasteiger partial charge in [0.15, 0.2) is 0 Å². The van der Waals surface area contributed by atoms with Crippen LogP contribution in [0.5, 0.6) is 0 Å². The van der Waals surface area contributed by atoms with Crippen molar-refractivity contribution in [1.82, 2.24) is 10.2 Å². The average molecular weight is 254 g/mol. The number of hydrogen-bond acceptors (Lipinski definition) is 3. The van der Waals surface area contributed by atoms with Gasteiger partial charge in [-0.05, 0) is 46.1 Å². The summed E-state index contributed by atoms with van der Waals surface area (Å²) in [7, 11) is 3.74. The Morgan fingerprint density at radius 1 is 1.28 bits per heavy atom. The van der Waals surface area contributed by atoms with Gasteiger partial charge in [-0.2, -0.15) is 0 Å². The van der Waals surface area contributed by atoms with Crippen molar-refractivity contribution in [2.24, 2.45) is 0 Å². The number of hydrogen-bond donors (Lipinski definition) is 1. The highest BCUT2D eigenvalue weighted by Gasteiger charge is 2.41. The van der Waals surface area contributed by atoms with Gasteiger partial charge in [-0.1, -0.05) is 0 Å². The summed E-state index contributed by atoms with van der Waals surface area (Å²) in [5.74, 6) is 0.273. The van der Waals surface area contributed by atoms with E-state index in [1.807, 2.05) is 11.9 Å². The van der Waals surface area contributed by atoms with E-state index in [1.165, 1.54) is 6.42 Å². The first-order valence-corrected chi connectivity index (χ1v) is 7.04. The van der Waals surface area contributed by atoms with Crippen LogP contribution in [0.25, 0.3) is 0 Å². The van der Waals surface area contributed by atoms with Gasteiger partial charge < -0.3 is 15.0 Å². The summed E-state index contributed by atoms with van der Waals surface area (Å²) >= 11 is 0. The second-order valence-corrected chi connectivity index (χ2v) is 6.11. The third-order valence-corrected chi connectivity index (χ3v) is 4.99. The van der Waals surface area contributed by atoms with E-state index in [0.29, 0.717) is 6.42 Å². The average Bonchev–Trinajstić information content (AvgIpc) is 2.34. The lowest BCUT2D eigenvalue weighted by Crippen LogP contribution is -2.53. The molecule has 1 heterocycles. The molecule has 1 N–H and O–H groups in total. The Kier molecular flexibility index (Phi) is 3.97. The Balaban J connectivity index is 1.84. The molecule has 0 unspecified atom stereocenters. The SMILES string of the molecule is CNC1(C)CCN(C(=O)CC2(OC)CCC2)CC1. The van der Waals surface area contributed by atoms with Crippen molar-refractivity contribution >= 4 is 5.91 Å². The van der Waals surface area contributed by atoms with Crippen molar-refractivity contribution in [3.63, 3.8) is 0 Å². The maximum atomic E-state index is 12.3. The number of piperidine rings is 1. The molecular formula is C14H26N2O2. The first-order chi connectivity index (χ1) is 8.52. The van der Waals surface area contributed by atoms with Crippen LogP contribution in [0.15, 0.2) is 0 Å². The van der Waals surface area contributed by atoms with Crippen molar-refractivity contribution in [1.29, 1.82) is 0 Å². The summed E-state index contributed by atoms with van der Waals surface area (Å²) in [6, 6.07) is 0. The van der Waals surface area contributed by atoms with E-state index in [2.05, 4.69) is 12.2 Å². The van der Waals surface area contributed by atoms with Crippen molar-refractivity contribution < 1.29 is 9.53 Å². The lowest BCUT2D eigenvalue weighted by atomic mass is 9.77. The topological polar surface area (TPSA) is 41.6 Å². The monoisotopic (exact) mass is 254 g/mol. The maximum absolute atomic E-state index is 12.3. The second kappa shape index (κ2) is 5.17. The largest absolute Gasteiger partial charge is 0.378 e. The third kappa shape index (κ3) is 2.69. The summed E-state index contributed by atoms with van der Waals surface area (Å²) in [5, 5.41) is 3.36. The molecule has 1 aliphatic heterocycles. The molecule has 1 saturated heterocycles. The van der Waals surface area contributed by atoms with Crippen molar-refractivity contribution in [3.05, 3.63) is 0 Å². The molecule has 1 amide bonds. The van der Waals surface area contributed by atoms with E-state index in [-0.39, 0.29) is 17.0 Å². The number of rotatable bonds is 4. The summed E-state index contributed by atoms with van der Waals surface area (Å²) in [5.41, 5.74) is 0.0625. The molecule has 0 radical (unpaired) electrons. The highest BCUT2D eigenvalue weighted by molar-refractivity contribution is 5.77. The van der Waals surface area contributed by atoms with Crippen molar-refractivity contribution in [3.8, 4) is 0 Å². The Hall–Kier alpha value is -0.610. The Bertz CT molecular complexity index is 299. The predicted molar refractivity (Wildman–Crippen MR) is 71.5 cm³/mol. The fourth-order valence-electron chi connectivity index (χ4n) is 2.91. The Labute approximate surface area is 110 Å². The summed E-state index contributed by atoms with van der Waals surface area (Å²) in [6.07, 6.45) is 5.91. The second-order valence-electron chi connectivity index (χ2n) is 6.11. The minimum Gasteiger partial charge on any atom is -0.378 e. The summed E-state index contributed by atoms with van der Waals surface area (Å²) < 4.78 is 5.54. The van der Waals surface area contributed by atoms with E-state index >= 15 is 0 Å². The first kappa shape index (κ1) is 13.8. The molecule has 1 saturated carbocycles. The molecule has 0 aromatic rings. The molecule has 18 heavy (non-hydrogen) atoms. The molecule has 0 spiro atoms. The molecule has 0 aromatic carbocycles. The van der Waals surface area contributed by atoms with Crippen LogP contribution in [0.4, 0.5) is 0 Å². The number of amides is 1. The fourth-order valence-corrected chi connectivity index (χ4v) is 2.91. The molecule has 4 heteroatoms. The van der Waals surface area contributed by atoms with Gasteiger partial charge in [-0.25, -0.2) is 0 Å². The van der Waals surface area contributed by atoms with Gasteiger partial charge in [0, 0.05) is 25.7 Å². The Morgan fingerprint density at radius 3 is 2.28 bits per heavy atom. The van der Waals surface area contributed by atoms with Gasteiger partial charge in [0.1, 0.15) is 0 Å². The molecule has 0 aromatic heterocycles. The normalized spacial score (nSPS) is 25.6. The van der Waals surface area contributed by atoms with Gasteiger partial charge in [0.25, 0.3) is 0 Å². The van der Waals surface area contributed by atoms with E-state index < -0.39 is 0 Å². The standard InChI is InChI=1S/C14H26N2O2/c1-13(15-2)7-9-16(10-8-13)12(17)11-14(18-3)5-4-6-14/h15H,4-11H2,1-3H3. The molecule has 1 aliphatic carbocycles. The molecule has 0 bridgehead atoms. The summed E-state index contributed by atoms with van der Waals surface area (Å²) in [4.78, 5) is 14.3. The molecular weight excluding hydrogens is 228 g/mol. The third-order valence-electron chi connectivity index (χ3n) is 4.99. The zero-order valence-corrected chi connectivity index (χ0v) is 11.9. The summed E-state index contributed by atoms with van der Waals surface area (Å²) in [6.45, 7) is 3.98. The highest BCUT2D eigenvalue weighted by Crippen LogP contribution is 2.38. The van der Waals surface area contributed by atoms with Crippen LogP contribution in [0.2, 0.25) is 0 Å². The minimum absolute atomic E-state index is 0.138. The maximum Gasteiger partial charge on any atom is 0.225 e. The molecule has 2 fully saturated rings. The lowest BCUT2D eigenvalue weighted by Gasteiger charge is -2.43. The Morgan fingerprint density at radius 2 is 1.89 bits per heavy atom. The number of nitrogens with zero attached hydrogens (tertiary/aromatic N) is 1. The zero-order valence-electron chi connectivity index (χ0n) is 11.9. The zero-order chi connectivity index (χ0) is 13.2. The van der Waals surface area contributed by atoms with Gasteiger partial charge >= 0.3 is 0 Å². The molecule has 104 valence electrons. The number of ether oxygens (including phenoxy) is 1. The van der Waals surface area contributed by atoms with Crippen LogP contribution in [-0.4, -0.2) is 49.2 Å². The van der Waals surface area contributed by atoms with Crippen LogP contribution in [0.1, 0.15) is 45.4 Å². The van der Waals surface area contributed by atoms with Crippen LogP contribution in [0, 0.1) is 0 Å². The van der Waals surface area contributed by atoms with Gasteiger partial charge in [-0.15, -0.1) is 0 Å². The van der Waals surface area contributed by atoms with E-state index in [0.717, 1.165) is 38.8 Å². The van der Waals surface area contributed by atoms with Crippen LogP contribution in [-0.2, 0) is 9.53 Å². The first-order valence-electron chi connectivity index (χ1n) is 7.04. The van der Waals surface area contributed by atoms with Gasteiger partial charge in [0.05, 0.1) is 12.0 Å². The lowest BCUT2D eigenvalue weighted by molar-refractivity contribution is -0.145. The number of likely N-dealkylation sites (tertiary alicyclic amines) is 1. The van der Waals surface area contributed by atoms with Gasteiger partial charge in [-0.3, -0.25) is 4.79 Å². The van der Waals surface area contributed by atoms with Crippen LogP contribution >= 0.6 is 0 Å². The van der Waals surface area contributed by atoms with Gasteiger partial charge in [0.2, 0.25) is 5.91 Å². The molecule has 4 nitrogen and oxygen atoms in total. The van der Waals surface area contributed by atoms with Crippen LogP contribution in [0.3, 0.4) is 0 Å². The number of carbonyl (C=O) groups is 1. The fraction of sp³-hybridized carbons (Fsp3) is 0.929.